The number of nitrogens with zero attached hydrogens (tertiary/aromatic N) is 5. The molecule has 3 heterocycles. The molecule has 2 fully saturated rings. The Labute approximate surface area is 174 Å². The van der Waals surface area contributed by atoms with Crippen molar-refractivity contribution < 1.29 is 4.79 Å². The third-order valence-electron chi connectivity index (χ3n) is 5.97. The van der Waals surface area contributed by atoms with Crippen molar-refractivity contribution in [2.24, 2.45) is 5.92 Å². The third-order valence-corrected chi connectivity index (χ3v) is 5.97. The third kappa shape index (κ3) is 3.47. The van der Waals surface area contributed by atoms with Gasteiger partial charge in [0, 0.05) is 35.9 Å². The Bertz CT molecular complexity index is 1150. The zero-order chi connectivity index (χ0) is 20.7. The highest BCUT2D eigenvalue weighted by molar-refractivity contribution is 6.00. The van der Waals surface area contributed by atoms with E-state index in [-0.39, 0.29) is 11.9 Å². The second kappa shape index (κ2) is 7.41. The highest BCUT2D eigenvalue weighted by Gasteiger charge is 2.30. The molecule has 0 saturated heterocycles. The van der Waals surface area contributed by atoms with Gasteiger partial charge < -0.3 is 10.6 Å². The topological polar surface area (TPSA) is 109 Å². The van der Waals surface area contributed by atoms with Crippen LogP contribution >= 0.6 is 0 Å². The number of hydrogen-bond acceptors (Lipinski definition) is 6. The van der Waals surface area contributed by atoms with Crippen molar-refractivity contribution >= 4 is 22.6 Å². The predicted molar refractivity (Wildman–Crippen MR) is 112 cm³/mol. The van der Waals surface area contributed by atoms with Gasteiger partial charge in [0.15, 0.2) is 11.5 Å². The second-order valence-corrected chi connectivity index (χ2v) is 8.23. The van der Waals surface area contributed by atoms with Gasteiger partial charge in [-0.3, -0.25) is 4.79 Å². The van der Waals surface area contributed by atoms with E-state index in [0.29, 0.717) is 28.6 Å². The van der Waals surface area contributed by atoms with Crippen molar-refractivity contribution in [2.45, 2.75) is 51.1 Å². The molecule has 0 aliphatic heterocycles. The average Bonchev–Trinajstić information content (AvgIpc) is 3.45. The number of carbonyl (C=O) groups excluding carboxylic acids is 1. The minimum atomic E-state index is -0.0844. The molecular formula is C22H23N7O. The van der Waals surface area contributed by atoms with E-state index in [2.05, 4.69) is 38.7 Å². The van der Waals surface area contributed by atoms with Crippen molar-refractivity contribution in [1.82, 2.24) is 25.1 Å². The Balaban J connectivity index is 1.45. The van der Waals surface area contributed by atoms with Gasteiger partial charge >= 0.3 is 0 Å². The molecule has 0 radical (unpaired) electrons. The molecule has 1 amide bonds. The number of anilines is 1. The van der Waals surface area contributed by atoms with Crippen molar-refractivity contribution in [2.75, 3.05) is 5.32 Å². The van der Waals surface area contributed by atoms with Gasteiger partial charge in [0.25, 0.3) is 5.91 Å². The fraction of sp³-hybridized carbons (Fsp3) is 0.409. The molecule has 2 aliphatic carbocycles. The first-order chi connectivity index (χ1) is 14.6. The lowest BCUT2D eigenvalue weighted by atomic mass is 9.78. The standard InChI is InChI=1S/C22H23N7O/c1-2-13-6-17(7-13)28-22(30)18-12-24-20(8-19(18)27-16-3-4-16)29-21-15(11-26-29)5-14(9-23)10-25-21/h5,8,10-13,16-17H,2-4,6-7H2,1H3,(H,24,27)(H,28,30). The fourth-order valence-electron chi connectivity index (χ4n) is 3.91. The van der Waals surface area contributed by atoms with Crippen molar-refractivity contribution in [1.29, 1.82) is 5.26 Å². The quantitative estimate of drug-likeness (QED) is 0.657. The van der Waals surface area contributed by atoms with E-state index < -0.39 is 0 Å². The molecule has 3 aromatic heterocycles. The highest BCUT2D eigenvalue weighted by Crippen LogP contribution is 2.31. The predicted octanol–water partition coefficient (Wildman–Crippen LogP) is 3.18. The molecule has 152 valence electrons. The molecule has 0 spiro atoms. The lowest BCUT2D eigenvalue weighted by Crippen LogP contribution is -2.44. The minimum Gasteiger partial charge on any atom is -0.382 e. The van der Waals surface area contributed by atoms with Crippen LogP contribution in [-0.2, 0) is 0 Å². The highest BCUT2D eigenvalue weighted by atomic mass is 16.1. The summed E-state index contributed by atoms with van der Waals surface area (Å²) in [7, 11) is 0. The second-order valence-electron chi connectivity index (χ2n) is 8.23. The Morgan fingerprint density at radius 2 is 2.03 bits per heavy atom. The molecule has 30 heavy (non-hydrogen) atoms. The summed E-state index contributed by atoms with van der Waals surface area (Å²) in [5.74, 6) is 1.22. The zero-order valence-corrected chi connectivity index (χ0v) is 16.8. The molecule has 2 saturated carbocycles. The largest absolute Gasteiger partial charge is 0.382 e. The van der Waals surface area contributed by atoms with Crippen LogP contribution in [0.15, 0.2) is 30.7 Å². The number of hydrogen-bond donors (Lipinski definition) is 2. The number of fused-ring (bicyclic) bond motifs is 1. The maximum absolute atomic E-state index is 12.9. The number of nitriles is 1. The summed E-state index contributed by atoms with van der Waals surface area (Å²) in [5, 5.41) is 20.8. The smallest absolute Gasteiger partial charge is 0.255 e. The molecule has 0 bridgehead atoms. The average molecular weight is 401 g/mol. The van der Waals surface area contributed by atoms with Crippen molar-refractivity contribution in [3.8, 4) is 11.9 Å². The summed E-state index contributed by atoms with van der Waals surface area (Å²) >= 11 is 0. The van der Waals surface area contributed by atoms with E-state index in [1.165, 1.54) is 12.6 Å². The summed E-state index contributed by atoms with van der Waals surface area (Å²) in [5.41, 5.74) is 2.43. The number of pyridine rings is 2. The van der Waals surface area contributed by atoms with E-state index in [1.807, 2.05) is 6.07 Å². The molecule has 3 aromatic rings. The van der Waals surface area contributed by atoms with Crippen LogP contribution in [0.4, 0.5) is 5.69 Å². The van der Waals surface area contributed by atoms with Crippen LogP contribution in [-0.4, -0.2) is 37.7 Å². The number of rotatable bonds is 6. The van der Waals surface area contributed by atoms with E-state index in [9.17, 15) is 4.79 Å². The first-order valence-corrected chi connectivity index (χ1v) is 10.5. The number of aromatic nitrogens is 4. The van der Waals surface area contributed by atoms with Crippen LogP contribution in [0.25, 0.3) is 16.9 Å². The summed E-state index contributed by atoms with van der Waals surface area (Å²) in [6.45, 7) is 2.19. The van der Waals surface area contributed by atoms with Gasteiger partial charge in [-0.1, -0.05) is 13.3 Å². The van der Waals surface area contributed by atoms with E-state index >= 15 is 0 Å². The van der Waals surface area contributed by atoms with Crippen LogP contribution in [0.5, 0.6) is 0 Å². The normalized spacial score (nSPS) is 20.4. The summed E-state index contributed by atoms with van der Waals surface area (Å²) in [6.07, 6.45) is 10.3. The molecule has 0 atom stereocenters. The van der Waals surface area contributed by atoms with Crippen molar-refractivity contribution in [3.63, 3.8) is 0 Å². The van der Waals surface area contributed by atoms with Crippen LogP contribution in [0.3, 0.4) is 0 Å². The van der Waals surface area contributed by atoms with E-state index in [0.717, 1.165) is 42.7 Å². The van der Waals surface area contributed by atoms with Crippen LogP contribution in [0.2, 0.25) is 0 Å². The van der Waals surface area contributed by atoms with Gasteiger partial charge in [-0.25, -0.2) is 9.97 Å². The maximum Gasteiger partial charge on any atom is 0.255 e. The van der Waals surface area contributed by atoms with E-state index in [4.69, 9.17) is 5.26 Å². The summed E-state index contributed by atoms with van der Waals surface area (Å²) < 4.78 is 1.63. The Hall–Kier alpha value is -3.47. The monoisotopic (exact) mass is 401 g/mol. The summed E-state index contributed by atoms with van der Waals surface area (Å²) in [4.78, 5) is 21.8. The van der Waals surface area contributed by atoms with Crippen LogP contribution < -0.4 is 10.6 Å². The first kappa shape index (κ1) is 18.6. The number of carbonyl (C=O) groups is 1. The molecule has 0 aromatic carbocycles. The lowest BCUT2D eigenvalue weighted by molar-refractivity contribution is 0.0888. The van der Waals surface area contributed by atoms with Gasteiger partial charge in [-0.2, -0.15) is 15.0 Å². The van der Waals surface area contributed by atoms with E-state index in [1.54, 1.807) is 23.1 Å². The zero-order valence-electron chi connectivity index (χ0n) is 16.8. The van der Waals surface area contributed by atoms with Crippen molar-refractivity contribution in [3.05, 3.63) is 41.9 Å². The van der Waals surface area contributed by atoms with Crippen LogP contribution in [0, 0.1) is 17.2 Å². The maximum atomic E-state index is 12.9. The van der Waals surface area contributed by atoms with Gasteiger partial charge in [-0.15, -0.1) is 0 Å². The Morgan fingerprint density at radius 1 is 1.20 bits per heavy atom. The SMILES string of the molecule is CCC1CC(NC(=O)c2cnc(-n3ncc4cc(C#N)cnc43)cc2NC2CC2)C1. The fourth-order valence-corrected chi connectivity index (χ4v) is 3.91. The van der Waals surface area contributed by atoms with Gasteiger partial charge in [0.1, 0.15) is 6.07 Å². The molecular weight excluding hydrogens is 378 g/mol. The molecule has 2 N–H and O–H groups in total. The van der Waals surface area contributed by atoms with Crippen LogP contribution in [0.1, 0.15) is 54.9 Å². The summed E-state index contributed by atoms with van der Waals surface area (Å²) in [6, 6.07) is 6.34. The molecule has 5 rings (SSSR count). The van der Waals surface area contributed by atoms with Gasteiger partial charge in [0.05, 0.1) is 23.0 Å². The molecule has 8 nitrogen and oxygen atoms in total. The Morgan fingerprint density at radius 3 is 2.77 bits per heavy atom. The number of nitrogens with one attached hydrogen (secondary N) is 2. The molecule has 2 aliphatic rings. The first-order valence-electron chi connectivity index (χ1n) is 10.5. The Kier molecular flexibility index (Phi) is 4.58. The van der Waals surface area contributed by atoms with Gasteiger partial charge in [0.2, 0.25) is 0 Å². The minimum absolute atomic E-state index is 0.0844. The van der Waals surface area contributed by atoms with Gasteiger partial charge in [-0.05, 0) is 37.7 Å². The molecule has 8 heteroatoms. The number of amides is 1. The molecule has 0 unspecified atom stereocenters. The lowest BCUT2D eigenvalue weighted by Gasteiger charge is -2.35.